The van der Waals surface area contributed by atoms with Crippen molar-refractivity contribution >= 4 is 45.8 Å². The van der Waals surface area contributed by atoms with Crippen molar-refractivity contribution in [2.45, 2.75) is 30.6 Å². The SMILES string of the molecule is Cc1ccc(C2c3[nH]c4c(c3CCN2C(=O)Oc2ccc(Cl)cc2)=CC(Br)CC=4)cc1. The molecular weight excluding hydrogens is 476 g/mol. The highest BCUT2D eigenvalue weighted by atomic mass is 79.9. The maximum atomic E-state index is 13.2. The highest BCUT2D eigenvalue weighted by Crippen LogP contribution is 2.34. The molecule has 1 aliphatic carbocycles. The van der Waals surface area contributed by atoms with Gasteiger partial charge in [0.2, 0.25) is 0 Å². The quantitative estimate of drug-likeness (QED) is 0.515. The summed E-state index contributed by atoms with van der Waals surface area (Å²) in [6.45, 7) is 2.65. The molecule has 0 spiro atoms. The molecule has 0 saturated carbocycles. The maximum absolute atomic E-state index is 13.2. The standard InChI is InChI=1S/C25H22BrClN2O2/c1-15-2-4-16(5-3-15)24-23-20(21-14-17(26)6-11-22(21)28-23)12-13-29(24)25(30)31-19-9-7-18(27)8-10-19/h2-5,7-11,14,17,24,28H,6,12-13H2,1H3. The van der Waals surface area contributed by atoms with Crippen LogP contribution in [-0.4, -0.2) is 27.3 Å². The molecular formula is C25H22BrClN2O2. The van der Waals surface area contributed by atoms with Gasteiger partial charge in [0.05, 0.1) is 0 Å². The molecule has 2 aromatic carbocycles. The van der Waals surface area contributed by atoms with Gasteiger partial charge in [0.25, 0.3) is 0 Å². The van der Waals surface area contributed by atoms with Gasteiger partial charge in [0.15, 0.2) is 0 Å². The molecule has 31 heavy (non-hydrogen) atoms. The van der Waals surface area contributed by atoms with Crippen molar-refractivity contribution in [2.75, 3.05) is 6.54 Å². The van der Waals surface area contributed by atoms with Crippen LogP contribution in [0.3, 0.4) is 0 Å². The van der Waals surface area contributed by atoms with Crippen LogP contribution in [0, 0.1) is 6.92 Å². The molecule has 0 fully saturated rings. The number of benzene rings is 2. The Hall–Kier alpha value is -2.50. The maximum Gasteiger partial charge on any atom is 0.416 e. The number of nitrogens with zero attached hydrogens (tertiary/aromatic N) is 1. The van der Waals surface area contributed by atoms with Crippen LogP contribution in [0.25, 0.3) is 12.2 Å². The molecule has 2 unspecified atom stereocenters. The topological polar surface area (TPSA) is 45.3 Å². The number of rotatable bonds is 2. The summed E-state index contributed by atoms with van der Waals surface area (Å²) < 4.78 is 5.71. The van der Waals surface area contributed by atoms with E-state index < -0.39 is 0 Å². The van der Waals surface area contributed by atoms with Gasteiger partial charge >= 0.3 is 6.09 Å². The van der Waals surface area contributed by atoms with Crippen molar-refractivity contribution in [3.05, 3.63) is 86.5 Å². The van der Waals surface area contributed by atoms with Crippen molar-refractivity contribution < 1.29 is 9.53 Å². The zero-order valence-corrected chi connectivity index (χ0v) is 19.4. The largest absolute Gasteiger partial charge is 0.416 e. The minimum absolute atomic E-state index is 0.231. The second-order valence-corrected chi connectivity index (χ2v) is 9.66. The summed E-state index contributed by atoms with van der Waals surface area (Å²) in [5.41, 5.74) is 4.61. The number of carbonyl (C=O) groups excluding carboxylic acids is 1. The Balaban J connectivity index is 1.57. The summed E-state index contributed by atoms with van der Waals surface area (Å²) in [5.74, 6) is 0.484. The molecule has 1 amide bonds. The zero-order valence-electron chi connectivity index (χ0n) is 17.1. The second-order valence-electron chi connectivity index (χ2n) is 8.05. The number of aromatic nitrogens is 1. The third-order valence-electron chi connectivity index (χ3n) is 5.94. The van der Waals surface area contributed by atoms with Crippen molar-refractivity contribution in [3.8, 4) is 5.75 Å². The monoisotopic (exact) mass is 496 g/mol. The van der Waals surface area contributed by atoms with Crippen LogP contribution >= 0.6 is 27.5 Å². The first kappa shape index (κ1) is 20.4. The molecule has 0 radical (unpaired) electrons. The average Bonchev–Trinajstić information content (AvgIpc) is 3.13. The Morgan fingerprint density at radius 3 is 2.65 bits per heavy atom. The molecule has 0 saturated heterocycles. The van der Waals surface area contributed by atoms with Gasteiger partial charge in [0.1, 0.15) is 11.8 Å². The van der Waals surface area contributed by atoms with E-state index in [9.17, 15) is 4.79 Å². The van der Waals surface area contributed by atoms with E-state index >= 15 is 0 Å². The summed E-state index contributed by atoms with van der Waals surface area (Å²) in [4.78, 5) is 19.0. The van der Waals surface area contributed by atoms with Gasteiger partial charge in [-0.25, -0.2) is 4.79 Å². The van der Waals surface area contributed by atoms with E-state index in [1.807, 2.05) is 4.90 Å². The molecule has 3 aromatic rings. The average molecular weight is 498 g/mol. The number of halogens is 2. The molecule has 2 aliphatic rings. The molecule has 1 N–H and O–H groups in total. The summed E-state index contributed by atoms with van der Waals surface area (Å²) in [5, 5.41) is 3.01. The third kappa shape index (κ3) is 3.92. The van der Waals surface area contributed by atoms with Crippen LogP contribution < -0.4 is 15.3 Å². The Morgan fingerprint density at radius 1 is 1.16 bits per heavy atom. The van der Waals surface area contributed by atoms with Crippen LogP contribution in [-0.2, 0) is 6.42 Å². The Kier molecular flexibility index (Phi) is 5.40. The van der Waals surface area contributed by atoms with Crippen LogP contribution in [0.4, 0.5) is 4.79 Å². The van der Waals surface area contributed by atoms with Gasteiger partial charge in [-0.1, -0.05) is 69.5 Å². The predicted molar refractivity (Wildman–Crippen MR) is 127 cm³/mol. The third-order valence-corrected chi connectivity index (χ3v) is 6.83. The molecule has 4 nitrogen and oxygen atoms in total. The van der Waals surface area contributed by atoms with Gasteiger partial charge in [-0.15, -0.1) is 0 Å². The van der Waals surface area contributed by atoms with Crippen molar-refractivity contribution in [2.24, 2.45) is 0 Å². The molecule has 158 valence electrons. The fourth-order valence-electron chi connectivity index (χ4n) is 4.40. The lowest BCUT2D eigenvalue weighted by atomic mass is 9.92. The number of amides is 1. The number of alkyl halides is 1. The molecule has 0 bridgehead atoms. The summed E-state index contributed by atoms with van der Waals surface area (Å²) >= 11 is 9.69. The van der Waals surface area contributed by atoms with E-state index in [0.717, 1.165) is 29.4 Å². The van der Waals surface area contributed by atoms with Gasteiger partial charge in [0, 0.05) is 27.4 Å². The number of H-pyrrole nitrogens is 1. The molecule has 6 heteroatoms. The first-order chi connectivity index (χ1) is 15.0. The first-order valence-corrected chi connectivity index (χ1v) is 11.7. The number of fused-ring (bicyclic) bond motifs is 3. The van der Waals surface area contributed by atoms with Crippen LogP contribution in [0.1, 0.15) is 34.8 Å². The molecule has 2 atom stereocenters. The van der Waals surface area contributed by atoms with Crippen LogP contribution in [0.5, 0.6) is 5.75 Å². The van der Waals surface area contributed by atoms with E-state index in [0.29, 0.717) is 22.1 Å². The van der Waals surface area contributed by atoms with Crippen LogP contribution in [0.2, 0.25) is 5.02 Å². The van der Waals surface area contributed by atoms with Gasteiger partial charge in [-0.2, -0.15) is 0 Å². The van der Waals surface area contributed by atoms with E-state index in [-0.39, 0.29) is 12.1 Å². The van der Waals surface area contributed by atoms with Gasteiger partial charge in [-0.3, -0.25) is 4.90 Å². The number of ether oxygens (including phenoxy) is 1. The predicted octanol–water partition coefficient (Wildman–Crippen LogP) is 4.85. The number of aryl methyl sites for hydroxylation is 1. The Labute approximate surface area is 194 Å². The van der Waals surface area contributed by atoms with Gasteiger partial charge < -0.3 is 9.72 Å². The van der Waals surface area contributed by atoms with Gasteiger partial charge in [-0.05, 0) is 60.4 Å². The smallest absolute Gasteiger partial charge is 0.410 e. The molecule has 5 rings (SSSR count). The first-order valence-electron chi connectivity index (χ1n) is 10.4. The van der Waals surface area contributed by atoms with E-state index in [2.05, 4.69) is 64.3 Å². The fourth-order valence-corrected chi connectivity index (χ4v) is 4.98. The molecule has 2 heterocycles. The minimum atomic E-state index is -0.363. The number of nitrogens with one attached hydrogen (secondary N) is 1. The molecule has 1 aliphatic heterocycles. The van der Waals surface area contributed by atoms with Crippen molar-refractivity contribution in [1.82, 2.24) is 9.88 Å². The highest BCUT2D eigenvalue weighted by Gasteiger charge is 2.35. The van der Waals surface area contributed by atoms with Crippen LogP contribution in [0.15, 0.2) is 48.5 Å². The van der Waals surface area contributed by atoms with Crippen molar-refractivity contribution in [1.29, 1.82) is 0 Å². The second kappa shape index (κ2) is 8.21. The lowest BCUT2D eigenvalue weighted by molar-refractivity contribution is 0.135. The number of hydrogen-bond donors (Lipinski definition) is 1. The number of carbonyl (C=O) groups is 1. The minimum Gasteiger partial charge on any atom is -0.410 e. The number of hydrogen-bond acceptors (Lipinski definition) is 2. The number of aromatic amines is 1. The fraction of sp³-hybridized carbons (Fsp3) is 0.240. The van der Waals surface area contributed by atoms with Crippen molar-refractivity contribution in [3.63, 3.8) is 0 Å². The highest BCUT2D eigenvalue weighted by molar-refractivity contribution is 9.09. The molecule has 1 aromatic heterocycles. The summed E-state index contributed by atoms with van der Waals surface area (Å²) in [6.07, 6.45) is 5.87. The normalized spacial score (nSPS) is 19.6. The Morgan fingerprint density at radius 2 is 1.90 bits per heavy atom. The Bertz CT molecular complexity index is 1250. The van der Waals surface area contributed by atoms with E-state index in [1.54, 1.807) is 24.3 Å². The lowest BCUT2D eigenvalue weighted by Gasteiger charge is -2.35. The summed E-state index contributed by atoms with van der Waals surface area (Å²) in [6, 6.07) is 15.0. The summed E-state index contributed by atoms with van der Waals surface area (Å²) in [7, 11) is 0. The van der Waals surface area contributed by atoms with E-state index in [4.69, 9.17) is 16.3 Å². The lowest BCUT2D eigenvalue weighted by Crippen LogP contribution is -2.43. The zero-order chi connectivity index (χ0) is 21.5. The van der Waals surface area contributed by atoms with E-state index in [1.165, 1.54) is 16.3 Å².